The number of rotatable bonds is 4. The van der Waals surface area contributed by atoms with Crippen molar-refractivity contribution in [2.24, 2.45) is 5.92 Å². The first-order chi connectivity index (χ1) is 12.8. The zero-order valence-corrected chi connectivity index (χ0v) is 16.6. The second-order valence-corrected chi connectivity index (χ2v) is 9.50. The molecule has 3 rings (SSSR count). The van der Waals surface area contributed by atoms with E-state index >= 15 is 0 Å². The Labute approximate surface area is 160 Å². The molecule has 0 aromatic heterocycles. The number of hydrogen-bond donors (Lipinski definition) is 0. The van der Waals surface area contributed by atoms with Crippen molar-refractivity contribution in [3.05, 3.63) is 29.8 Å². The predicted molar refractivity (Wildman–Crippen MR) is 101 cm³/mol. The summed E-state index contributed by atoms with van der Waals surface area (Å²) in [7, 11) is 0.212. The SMILES string of the molecule is COc1ccccc1C(=O)N1CCC(C(=O)N(C)C2CCS(=O)(=O)C2)CC1. The highest BCUT2D eigenvalue weighted by molar-refractivity contribution is 7.91. The van der Waals surface area contributed by atoms with Crippen molar-refractivity contribution < 1.29 is 22.7 Å². The summed E-state index contributed by atoms with van der Waals surface area (Å²) < 4.78 is 28.6. The Balaban J connectivity index is 1.58. The number of para-hydroxylation sites is 1. The number of sulfone groups is 1. The maximum Gasteiger partial charge on any atom is 0.257 e. The molecule has 0 saturated carbocycles. The molecule has 8 heteroatoms. The van der Waals surface area contributed by atoms with Gasteiger partial charge in [-0.3, -0.25) is 9.59 Å². The van der Waals surface area contributed by atoms with E-state index in [1.165, 1.54) is 7.11 Å². The van der Waals surface area contributed by atoms with Gasteiger partial charge in [0.05, 0.1) is 24.2 Å². The van der Waals surface area contributed by atoms with E-state index in [1.54, 1.807) is 35.0 Å². The molecule has 1 atom stereocenters. The topological polar surface area (TPSA) is 84.0 Å². The van der Waals surface area contributed by atoms with Gasteiger partial charge in [-0.05, 0) is 31.4 Å². The average molecular weight is 394 g/mol. The Hall–Kier alpha value is -2.09. The third-order valence-corrected chi connectivity index (χ3v) is 7.32. The van der Waals surface area contributed by atoms with Crippen LogP contribution in [-0.2, 0) is 14.6 Å². The van der Waals surface area contributed by atoms with Gasteiger partial charge >= 0.3 is 0 Å². The monoisotopic (exact) mass is 394 g/mol. The molecular weight excluding hydrogens is 368 g/mol. The Kier molecular flexibility index (Phi) is 5.74. The van der Waals surface area contributed by atoms with Crippen LogP contribution in [0.15, 0.2) is 24.3 Å². The van der Waals surface area contributed by atoms with Gasteiger partial charge in [-0.1, -0.05) is 12.1 Å². The fourth-order valence-electron chi connectivity index (χ4n) is 3.87. The smallest absolute Gasteiger partial charge is 0.257 e. The molecule has 2 amide bonds. The summed E-state index contributed by atoms with van der Waals surface area (Å²) in [5.41, 5.74) is 0.526. The van der Waals surface area contributed by atoms with Crippen molar-refractivity contribution in [1.82, 2.24) is 9.80 Å². The van der Waals surface area contributed by atoms with Crippen molar-refractivity contribution in [1.29, 1.82) is 0 Å². The normalized spacial score (nSPS) is 22.4. The Bertz CT molecular complexity index is 815. The zero-order valence-electron chi connectivity index (χ0n) is 15.8. The molecule has 1 aromatic carbocycles. The molecule has 0 aliphatic carbocycles. The van der Waals surface area contributed by atoms with E-state index in [-0.39, 0.29) is 35.3 Å². The minimum atomic E-state index is -3.02. The second kappa shape index (κ2) is 7.88. The third-order valence-electron chi connectivity index (χ3n) is 5.57. The summed E-state index contributed by atoms with van der Waals surface area (Å²) in [6.45, 7) is 1.01. The average Bonchev–Trinajstić information content (AvgIpc) is 3.06. The van der Waals surface area contributed by atoms with E-state index in [0.717, 1.165) is 0 Å². The maximum atomic E-state index is 12.8. The molecule has 0 bridgehead atoms. The van der Waals surface area contributed by atoms with Gasteiger partial charge in [-0.25, -0.2) is 8.42 Å². The highest BCUT2D eigenvalue weighted by atomic mass is 32.2. The molecule has 1 unspecified atom stereocenters. The van der Waals surface area contributed by atoms with Crippen LogP contribution in [0.5, 0.6) is 5.75 Å². The Morgan fingerprint density at radius 3 is 2.41 bits per heavy atom. The molecule has 148 valence electrons. The zero-order chi connectivity index (χ0) is 19.6. The first kappa shape index (κ1) is 19.7. The number of hydrogen-bond acceptors (Lipinski definition) is 5. The van der Waals surface area contributed by atoms with E-state index in [9.17, 15) is 18.0 Å². The number of methoxy groups -OCH3 is 1. The summed E-state index contributed by atoms with van der Waals surface area (Å²) in [6.07, 6.45) is 1.68. The van der Waals surface area contributed by atoms with Gasteiger partial charge in [-0.2, -0.15) is 0 Å². The third kappa shape index (κ3) is 4.26. The number of likely N-dealkylation sites (tertiary alicyclic amines) is 1. The molecule has 2 aliphatic heterocycles. The van der Waals surface area contributed by atoms with Gasteiger partial charge in [0, 0.05) is 32.1 Å². The van der Waals surface area contributed by atoms with Crippen molar-refractivity contribution in [2.45, 2.75) is 25.3 Å². The van der Waals surface area contributed by atoms with E-state index in [1.807, 2.05) is 6.07 Å². The van der Waals surface area contributed by atoms with Crippen LogP contribution in [0.25, 0.3) is 0 Å². The Morgan fingerprint density at radius 1 is 1.15 bits per heavy atom. The molecular formula is C19H26N2O5S. The summed E-state index contributed by atoms with van der Waals surface area (Å²) in [6, 6.07) is 6.90. The van der Waals surface area contributed by atoms with Crippen LogP contribution in [0.1, 0.15) is 29.6 Å². The molecule has 0 spiro atoms. The molecule has 2 aliphatic rings. The largest absolute Gasteiger partial charge is 0.496 e. The number of nitrogens with zero attached hydrogens (tertiary/aromatic N) is 2. The van der Waals surface area contributed by atoms with E-state index in [2.05, 4.69) is 0 Å². The fourth-order valence-corrected chi connectivity index (χ4v) is 5.64. The van der Waals surface area contributed by atoms with E-state index in [4.69, 9.17) is 4.74 Å². The number of amides is 2. The van der Waals surface area contributed by atoms with Crippen LogP contribution < -0.4 is 4.74 Å². The molecule has 2 heterocycles. The molecule has 2 fully saturated rings. The minimum absolute atomic E-state index is 0.0125. The number of benzene rings is 1. The lowest BCUT2D eigenvalue weighted by atomic mass is 9.94. The standard InChI is InChI=1S/C19H26N2O5S/c1-20(15-9-12-27(24,25)13-15)18(22)14-7-10-21(11-8-14)19(23)16-5-3-4-6-17(16)26-2/h3-6,14-15H,7-13H2,1-2H3. The second-order valence-electron chi connectivity index (χ2n) is 7.27. The molecule has 27 heavy (non-hydrogen) atoms. The highest BCUT2D eigenvalue weighted by Crippen LogP contribution is 2.26. The molecule has 2 saturated heterocycles. The van der Waals surface area contributed by atoms with Gasteiger partial charge in [0.15, 0.2) is 9.84 Å². The quantitative estimate of drug-likeness (QED) is 0.766. The first-order valence-corrected chi connectivity index (χ1v) is 11.0. The first-order valence-electron chi connectivity index (χ1n) is 9.22. The summed E-state index contributed by atoms with van der Waals surface area (Å²) >= 11 is 0. The van der Waals surface area contributed by atoms with Gasteiger partial charge in [0.25, 0.3) is 5.91 Å². The van der Waals surface area contributed by atoms with Gasteiger partial charge in [0.1, 0.15) is 5.75 Å². The Morgan fingerprint density at radius 2 is 1.81 bits per heavy atom. The summed E-state index contributed by atoms with van der Waals surface area (Å²) in [4.78, 5) is 28.9. The summed E-state index contributed by atoms with van der Waals surface area (Å²) in [5, 5.41) is 0. The number of piperidine rings is 1. The predicted octanol–water partition coefficient (Wildman–Crippen LogP) is 1.19. The lowest BCUT2D eigenvalue weighted by molar-refractivity contribution is -0.137. The maximum absolute atomic E-state index is 12.8. The van der Waals surface area contributed by atoms with Crippen molar-refractivity contribution in [3.8, 4) is 5.75 Å². The van der Waals surface area contributed by atoms with Gasteiger partial charge < -0.3 is 14.5 Å². The van der Waals surface area contributed by atoms with E-state index in [0.29, 0.717) is 43.7 Å². The molecule has 7 nitrogen and oxygen atoms in total. The summed E-state index contributed by atoms with van der Waals surface area (Å²) in [5.74, 6) is 0.486. The van der Waals surface area contributed by atoms with Crippen LogP contribution in [0.4, 0.5) is 0 Å². The minimum Gasteiger partial charge on any atom is -0.496 e. The lowest BCUT2D eigenvalue weighted by Gasteiger charge is -2.34. The van der Waals surface area contributed by atoms with Crippen molar-refractivity contribution in [2.75, 3.05) is 38.8 Å². The van der Waals surface area contributed by atoms with Crippen LogP contribution >= 0.6 is 0 Å². The lowest BCUT2D eigenvalue weighted by Crippen LogP contribution is -2.46. The fraction of sp³-hybridized carbons (Fsp3) is 0.579. The van der Waals surface area contributed by atoms with Crippen LogP contribution in [0.3, 0.4) is 0 Å². The molecule has 0 radical (unpaired) electrons. The number of carbonyl (C=O) groups is 2. The molecule has 1 aromatic rings. The number of ether oxygens (including phenoxy) is 1. The van der Waals surface area contributed by atoms with Crippen molar-refractivity contribution >= 4 is 21.7 Å². The van der Waals surface area contributed by atoms with E-state index < -0.39 is 9.84 Å². The number of carbonyl (C=O) groups excluding carboxylic acids is 2. The van der Waals surface area contributed by atoms with Gasteiger partial charge in [-0.15, -0.1) is 0 Å². The van der Waals surface area contributed by atoms with Crippen LogP contribution in [0, 0.1) is 5.92 Å². The van der Waals surface area contributed by atoms with Crippen molar-refractivity contribution in [3.63, 3.8) is 0 Å². The highest BCUT2D eigenvalue weighted by Gasteiger charge is 2.36. The van der Waals surface area contributed by atoms with Gasteiger partial charge in [0.2, 0.25) is 5.91 Å². The van der Waals surface area contributed by atoms with Crippen LogP contribution in [-0.4, -0.2) is 74.8 Å². The van der Waals surface area contributed by atoms with Crippen LogP contribution in [0.2, 0.25) is 0 Å². The molecule has 0 N–H and O–H groups in total.